The number of nitrogens with two attached hydrogens (primary N) is 1. The van der Waals surface area contributed by atoms with Gasteiger partial charge in [0.1, 0.15) is 5.69 Å². The summed E-state index contributed by atoms with van der Waals surface area (Å²) in [4.78, 5) is 11.3. The fraction of sp³-hybridized carbons (Fsp3) is 0.368. The van der Waals surface area contributed by atoms with Crippen LogP contribution in [0.1, 0.15) is 37.7 Å². The van der Waals surface area contributed by atoms with Crippen LogP contribution >= 0.6 is 0 Å². The Hall–Kier alpha value is -2.36. The van der Waals surface area contributed by atoms with Gasteiger partial charge in [-0.05, 0) is 29.5 Å². The van der Waals surface area contributed by atoms with Gasteiger partial charge in [0.05, 0.1) is 4.92 Å². The van der Waals surface area contributed by atoms with Crippen LogP contribution in [0.2, 0.25) is 0 Å². The highest BCUT2D eigenvalue weighted by molar-refractivity contribution is 5.77. The summed E-state index contributed by atoms with van der Waals surface area (Å²) in [7, 11) is 0. The van der Waals surface area contributed by atoms with Crippen LogP contribution in [-0.4, -0.2) is 4.92 Å². The van der Waals surface area contributed by atoms with E-state index in [4.69, 9.17) is 5.73 Å². The lowest BCUT2D eigenvalue weighted by Gasteiger charge is -2.23. The highest BCUT2D eigenvalue weighted by Crippen LogP contribution is 2.39. The fourth-order valence-corrected chi connectivity index (χ4v) is 3.64. The number of hydrogen-bond acceptors (Lipinski definition) is 3. The summed E-state index contributed by atoms with van der Waals surface area (Å²) >= 11 is 0. The van der Waals surface area contributed by atoms with Crippen molar-refractivity contribution in [3.63, 3.8) is 0 Å². The van der Waals surface area contributed by atoms with Gasteiger partial charge in [0.25, 0.3) is 5.69 Å². The molecular formula is C19H22N2O2. The molecule has 23 heavy (non-hydrogen) atoms. The molecule has 0 amide bonds. The third kappa shape index (κ3) is 3.36. The summed E-state index contributed by atoms with van der Waals surface area (Å²) in [6.45, 7) is 0. The molecule has 1 saturated carbocycles. The monoisotopic (exact) mass is 310 g/mol. The largest absolute Gasteiger partial charge is 0.393 e. The smallest absolute Gasteiger partial charge is 0.295 e. The SMILES string of the molecule is Nc1ccc(-c2ccccc2)c(CC2CCCCC2)c1[N+](=O)[O-]. The predicted octanol–water partition coefficient (Wildman–Crippen LogP) is 4.97. The standard InChI is InChI=1S/C19H22N2O2/c20-18-12-11-16(15-9-5-2-6-10-15)17(19(18)21(22)23)13-14-7-3-1-4-8-14/h2,5-6,9-12,14H,1,3-4,7-8,13,20H2. The van der Waals surface area contributed by atoms with Gasteiger partial charge in [-0.25, -0.2) is 0 Å². The van der Waals surface area contributed by atoms with Gasteiger partial charge in [-0.15, -0.1) is 0 Å². The summed E-state index contributed by atoms with van der Waals surface area (Å²) in [5, 5.41) is 11.6. The van der Waals surface area contributed by atoms with E-state index in [1.54, 1.807) is 6.07 Å². The van der Waals surface area contributed by atoms with E-state index in [2.05, 4.69) is 0 Å². The molecule has 0 unspecified atom stereocenters. The van der Waals surface area contributed by atoms with Gasteiger partial charge in [-0.3, -0.25) is 10.1 Å². The van der Waals surface area contributed by atoms with Crippen molar-refractivity contribution < 1.29 is 4.92 Å². The molecule has 0 bridgehead atoms. The van der Waals surface area contributed by atoms with Crippen molar-refractivity contribution in [2.75, 3.05) is 5.73 Å². The van der Waals surface area contributed by atoms with Crippen molar-refractivity contribution in [2.24, 2.45) is 5.92 Å². The number of benzene rings is 2. The fourth-order valence-electron chi connectivity index (χ4n) is 3.64. The number of rotatable bonds is 4. The second-order valence-corrected chi connectivity index (χ2v) is 6.36. The molecule has 0 atom stereocenters. The molecule has 1 fully saturated rings. The van der Waals surface area contributed by atoms with Crippen LogP contribution in [0.5, 0.6) is 0 Å². The first-order valence-electron chi connectivity index (χ1n) is 8.28. The Labute approximate surface area is 136 Å². The molecule has 0 aliphatic heterocycles. The van der Waals surface area contributed by atoms with E-state index in [9.17, 15) is 10.1 Å². The summed E-state index contributed by atoms with van der Waals surface area (Å²) < 4.78 is 0. The Morgan fingerprint density at radius 3 is 2.39 bits per heavy atom. The molecule has 0 aromatic heterocycles. The number of nitrogens with zero attached hydrogens (tertiary/aromatic N) is 1. The molecule has 0 saturated heterocycles. The molecule has 2 N–H and O–H groups in total. The first-order valence-corrected chi connectivity index (χ1v) is 8.28. The minimum Gasteiger partial charge on any atom is -0.393 e. The third-order valence-corrected chi connectivity index (χ3v) is 4.80. The first kappa shape index (κ1) is 15.5. The van der Waals surface area contributed by atoms with Crippen LogP contribution in [0.3, 0.4) is 0 Å². The number of nitro benzene ring substituents is 1. The average Bonchev–Trinajstić information content (AvgIpc) is 2.56. The number of nitro groups is 1. The zero-order valence-corrected chi connectivity index (χ0v) is 13.2. The second kappa shape index (κ2) is 6.82. The molecule has 0 spiro atoms. The summed E-state index contributed by atoms with van der Waals surface area (Å²) in [6, 6.07) is 13.5. The Balaban J connectivity index is 2.08. The Kier molecular flexibility index (Phi) is 4.60. The summed E-state index contributed by atoms with van der Waals surface area (Å²) in [6.07, 6.45) is 6.77. The Morgan fingerprint density at radius 2 is 1.74 bits per heavy atom. The van der Waals surface area contributed by atoms with Gasteiger partial charge < -0.3 is 5.73 Å². The van der Waals surface area contributed by atoms with Crippen LogP contribution in [0.25, 0.3) is 11.1 Å². The van der Waals surface area contributed by atoms with Crippen LogP contribution < -0.4 is 5.73 Å². The maximum Gasteiger partial charge on any atom is 0.295 e. The predicted molar refractivity (Wildman–Crippen MR) is 93.2 cm³/mol. The van der Waals surface area contributed by atoms with Crippen molar-refractivity contribution in [3.8, 4) is 11.1 Å². The van der Waals surface area contributed by atoms with Crippen molar-refractivity contribution in [3.05, 3.63) is 58.1 Å². The zero-order chi connectivity index (χ0) is 16.2. The lowest BCUT2D eigenvalue weighted by Crippen LogP contribution is -2.12. The number of hydrogen-bond donors (Lipinski definition) is 1. The van der Waals surface area contributed by atoms with E-state index in [1.165, 1.54) is 19.3 Å². The van der Waals surface area contributed by atoms with E-state index >= 15 is 0 Å². The van der Waals surface area contributed by atoms with E-state index in [1.807, 2.05) is 36.4 Å². The summed E-state index contributed by atoms with van der Waals surface area (Å²) in [5.74, 6) is 0.520. The first-order chi connectivity index (χ1) is 11.2. The topological polar surface area (TPSA) is 69.2 Å². The van der Waals surface area contributed by atoms with Gasteiger partial charge in [0.2, 0.25) is 0 Å². The van der Waals surface area contributed by atoms with Crippen molar-refractivity contribution >= 4 is 11.4 Å². The molecule has 1 aliphatic carbocycles. The van der Waals surface area contributed by atoms with E-state index < -0.39 is 0 Å². The maximum atomic E-state index is 11.6. The molecular weight excluding hydrogens is 288 g/mol. The van der Waals surface area contributed by atoms with Gasteiger partial charge in [-0.1, -0.05) is 68.5 Å². The highest BCUT2D eigenvalue weighted by atomic mass is 16.6. The second-order valence-electron chi connectivity index (χ2n) is 6.36. The summed E-state index contributed by atoms with van der Waals surface area (Å²) in [5.41, 5.74) is 9.05. The number of nitrogen functional groups attached to an aromatic ring is 1. The third-order valence-electron chi connectivity index (χ3n) is 4.80. The molecule has 1 aliphatic rings. The maximum absolute atomic E-state index is 11.6. The van der Waals surface area contributed by atoms with E-state index in [0.29, 0.717) is 5.92 Å². The lowest BCUT2D eigenvalue weighted by molar-refractivity contribution is -0.384. The minimum absolute atomic E-state index is 0.0944. The van der Waals surface area contributed by atoms with Gasteiger partial charge >= 0.3 is 0 Å². The quantitative estimate of drug-likeness (QED) is 0.492. The minimum atomic E-state index is -0.320. The van der Waals surface area contributed by atoms with Crippen LogP contribution in [0.4, 0.5) is 11.4 Å². The van der Waals surface area contributed by atoms with Crippen molar-refractivity contribution in [1.82, 2.24) is 0 Å². The van der Waals surface area contributed by atoms with Crippen molar-refractivity contribution in [1.29, 1.82) is 0 Å². The molecule has 0 radical (unpaired) electrons. The van der Waals surface area contributed by atoms with Crippen LogP contribution in [0, 0.1) is 16.0 Å². The zero-order valence-electron chi connectivity index (χ0n) is 13.2. The van der Waals surface area contributed by atoms with Crippen molar-refractivity contribution in [2.45, 2.75) is 38.5 Å². The molecule has 0 heterocycles. The van der Waals surface area contributed by atoms with Crippen LogP contribution in [-0.2, 0) is 6.42 Å². The van der Waals surface area contributed by atoms with E-state index in [-0.39, 0.29) is 16.3 Å². The highest BCUT2D eigenvalue weighted by Gasteiger charge is 2.25. The normalized spacial score (nSPS) is 15.5. The molecule has 4 nitrogen and oxygen atoms in total. The molecule has 4 heteroatoms. The van der Waals surface area contributed by atoms with Gasteiger partial charge in [-0.2, -0.15) is 0 Å². The average molecular weight is 310 g/mol. The number of anilines is 1. The Bertz CT molecular complexity index is 692. The lowest BCUT2D eigenvalue weighted by atomic mass is 9.82. The molecule has 120 valence electrons. The van der Waals surface area contributed by atoms with E-state index in [0.717, 1.165) is 36.0 Å². The van der Waals surface area contributed by atoms with Gasteiger partial charge in [0, 0.05) is 5.56 Å². The molecule has 3 rings (SSSR count). The van der Waals surface area contributed by atoms with Crippen LogP contribution in [0.15, 0.2) is 42.5 Å². The Morgan fingerprint density at radius 1 is 1.04 bits per heavy atom. The molecule has 2 aromatic rings. The molecule has 2 aromatic carbocycles. The van der Waals surface area contributed by atoms with Gasteiger partial charge in [0.15, 0.2) is 0 Å².